The Morgan fingerprint density at radius 2 is 2.07 bits per heavy atom. The molecule has 1 heterocycles. The SMILES string of the molecule is CN1C(=O)CC(NC(=O)C(=O)O)C1=O. The van der Waals surface area contributed by atoms with Gasteiger partial charge in [0.25, 0.3) is 5.91 Å². The van der Waals surface area contributed by atoms with Crippen LogP contribution in [-0.4, -0.2) is 46.8 Å². The number of likely N-dealkylation sites (N-methyl/N-ethyl adjacent to an activating group) is 1. The van der Waals surface area contributed by atoms with E-state index >= 15 is 0 Å². The Kier molecular flexibility index (Phi) is 2.50. The second kappa shape index (κ2) is 3.44. The molecule has 1 aliphatic heterocycles. The first-order chi connectivity index (χ1) is 6.43. The number of rotatable bonds is 1. The number of aliphatic carboxylic acids is 1. The molecule has 3 amide bonds. The van der Waals surface area contributed by atoms with Crippen molar-refractivity contribution >= 4 is 23.7 Å². The molecule has 0 bridgehead atoms. The lowest BCUT2D eigenvalue weighted by atomic mass is 10.2. The normalized spacial score (nSPS) is 21.2. The molecule has 0 radical (unpaired) electrons. The van der Waals surface area contributed by atoms with Crippen LogP contribution < -0.4 is 5.32 Å². The average Bonchev–Trinajstić information content (AvgIpc) is 2.33. The van der Waals surface area contributed by atoms with E-state index in [4.69, 9.17) is 5.11 Å². The smallest absolute Gasteiger partial charge is 0.394 e. The summed E-state index contributed by atoms with van der Waals surface area (Å²) in [6.45, 7) is 0. The Balaban J connectivity index is 2.65. The van der Waals surface area contributed by atoms with Crippen LogP contribution in [-0.2, 0) is 19.2 Å². The molecule has 76 valence electrons. The highest BCUT2D eigenvalue weighted by molar-refractivity contribution is 6.32. The molecule has 1 fully saturated rings. The predicted molar refractivity (Wildman–Crippen MR) is 42.0 cm³/mol. The van der Waals surface area contributed by atoms with Crippen LogP contribution in [0.1, 0.15) is 6.42 Å². The summed E-state index contributed by atoms with van der Waals surface area (Å²) in [5.41, 5.74) is 0. The summed E-state index contributed by atoms with van der Waals surface area (Å²) < 4.78 is 0. The summed E-state index contributed by atoms with van der Waals surface area (Å²) in [6.07, 6.45) is -0.186. The number of carbonyl (C=O) groups is 4. The molecule has 0 saturated carbocycles. The molecule has 7 heteroatoms. The topological polar surface area (TPSA) is 104 Å². The molecule has 1 atom stereocenters. The number of nitrogens with zero attached hydrogens (tertiary/aromatic N) is 1. The highest BCUT2D eigenvalue weighted by Gasteiger charge is 2.37. The lowest BCUT2D eigenvalue weighted by Crippen LogP contribution is -2.43. The van der Waals surface area contributed by atoms with E-state index in [1.54, 1.807) is 0 Å². The Hall–Kier alpha value is -1.92. The molecule has 7 nitrogen and oxygen atoms in total. The van der Waals surface area contributed by atoms with Gasteiger partial charge in [0.05, 0.1) is 6.42 Å². The van der Waals surface area contributed by atoms with Crippen molar-refractivity contribution < 1.29 is 24.3 Å². The van der Waals surface area contributed by atoms with Crippen molar-refractivity contribution in [3.8, 4) is 0 Å². The van der Waals surface area contributed by atoms with E-state index in [-0.39, 0.29) is 6.42 Å². The molecule has 0 spiro atoms. The number of hydrogen-bond acceptors (Lipinski definition) is 4. The van der Waals surface area contributed by atoms with E-state index in [1.807, 2.05) is 5.32 Å². The van der Waals surface area contributed by atoms with Gasteiger partial charge in [0.15, 0.2) is 0 Å². The van der Waals surface area contributed by atoms with Crippen LogP contribution in [0.25, 0.3) is 0 Å². The van der Waals surface area contributed by atoms with E-state index < -0.39 is 29.7 Å². The van der Waals surface area contributed by atoms with Crippen LogP contribution in [0.3, 0.4) is 0 Å². The summed E-state index contributed by atoms with van der Waals surface area (Å²) in [5.74, 6) is -4.00. The Morgan fingerprint density at radius 3 is 2.43 bits per heavy atom. The first-order valence-electron chi connectivity index (χ1n) is 3.77. The van der Waals surface area contributed by atoms with E-state index in [2.05, 4.69) is 0 Å². The molecule has 1 saturated heterocycles. The fraction of sp³-hybridized carbons (Fsp3) is 0.429. The third-order valence-corrected chi connectivity index (χ3v) is 1.88. The highest BCUT2D eigenvalue weighted by atomic mass is 16.4. The van der Waals surface area contributed by atoms with Crippen LogP contribution in [0, 0.1) is 0 Å². The van der Waals surface area contributed by atoms with Gasteiger partial charge in [-0.1, -0.05) is 0 Å². The van der Waals surface area contributed by atoms with Gasteiger partial charge in [-0.25, -0.2) is 4.79 Å². The van der Waals surface area contributed by atoms with Gasteiger partial charge in [-0.05, 0) is 0 Å². The van der Waals surface area contributed by atoms with Gasteiger partial charge in [-0.2, -0.15) is 0 Å². The molecular formula is C7H8N2O5. The number of nitrogens with one attached hydrogen (secondary N) is 1. The summed E-state index contributed by atoms with van der Waals surface area (Å²) in [6, 6.07) is -1.05. The van der Waals surface area contributed by atoms with Crippen molar-refractivity contribution in [3.63, 3.8) is 0 Å². The van der Waals surface area contributed by atoms with Crippen molar-refractivity contribution in [1.29, 1.82) is 0 Å². The zero-order valence-electron chi connectivity index (χ0n) is 7.31. The molecule has 0 aromatic carbocycles. The molecule has 0 aromatic rings. The fourth-order valence-corrected chi connectivity index (χ4v) is 1.09. The van der Waals surface area contributed by atoms with Crippen molar-refractivity contribution in [2.45, 2.75) is 12.5 Å². The van der Waals surface area contributed by atoms with E-state index in [0.29, 0.717) is 0 Å². The lowest BCUT2D eigenvalue weighted by molar-refractivity contribution is -0.151. The maximum atomic E-state index is 11.2. The number of imide groups is 1. The maximum Gasteiger partial charge on any atom is 0.394 e. The van der Waals surface area contributed by atoms with Crippen LogP contribution in [0.15, 0.2) is 0 Å². The molecule has 1 unspecified atom stereocenters. The number of carbonyl (C=O) groups excluding carboxylic acids is 3. The van der Waals surface area contributed by atoms with Gasteiger partial charge < -0.3 is 10.4 Å². The number of likely N-dealkylation sites (tertiary alicyclic amines) is 1. The van der Waals surface area contributed by atoms with Gasteiger partial charge in [-0.3, -0.25) is 19.3 Å². The van der Waals surface area contributed by atoms with Crippen molar-refractivity contribution in [2.24, 2.45) is 0 Å². The molecule has 1 rings (SSSR count). The highest BCUT2D eigenvalue weighted by Crippen LogP contribution is 2.09. The van der Waals surface area contributed by atoms with Gasteiger partial charge in [-0.15, -0.1) is 0 Å². The van der Waals surface area contributed by atoms with Gasteiger partial charge in [0, 0.05) is 7.05 Å². The summed E-state index contributed by atoms with van der Waals surface area (Å²) in [7, 11) is 1.28. The van der Waals surface area contributed by atoms with Gasteiger partial charge in [0.1, 0.15) is 6.04 Å². The van der Waals surface area contributed by atoms with Gasteiger partial charge in [0.2, 0.25) is 5.91 Å². The van der Waals surface area contributed by atoms with Crippen molar-refractivity contribution in [1.82, 2.24) is 10.2 Å². The minimum absolute atomic E-state index is 0.186. The molecule has 1 aliphatic rings. The Morgan fingerprint density at radius 1 is 1.50 bits per heavy atom. The molecule has 0 aromatic heterocycles. The molecule has 14 heavy (non-hydrogen) atoms. The standard InChI is InChI=1S/C7H8N2O5/c1-9-4(10)2-3(6(9)12)8-5(11)7(13)14/h3H,2H2,1H3,(H,8,11)(H,13,14). The largest absolute Gasteiger partial charge is 0.474 e. The van der Waals surface area contributed by atoms with Crippen molar-refractivity contribution in [3.05, 3.63) is 0 Å². The molecule has 2 N–H and O–H groups in total. The Labute approximate surface area is 78.7 Å². The van der Waals surface area contributed by atoms with Crippen LogP contribution in [0.5, 0.6) is 0 Å². The van der Waals surface area contributed by atoms with E-state index in [0.717, 1.165) is 4.90 Å². The zero-order chi connectivity index (χ0) is 10.9. The first-order valence-corrected chi connectivity index (χ1v) is 3.77. The maximum absolute atomic E-state index is 11.2. The third-order valence-electron chi connectivity index (χ3n) is 1.88. The van der Waals surface area contributed by atoms with Gasteiger partial charge >= 0.3 is 11.9 Å². The molecular weight excluding hydrogens is 192 g/mol. The quantitative estimate of drug-likeness (QED) is 0.374. The monoisotopic (exact) mass is 200 g/mol. The number of carboxylic acid groups (broad SMARTS) is 1. The predicted octanol–water partition coefficient (Wildman–Crippen LogP) is -2.06. The minimum Gasteiger partial charge on any atom is -0.474 e. The summed E-state index contributed by atoms with van der Waals surface area (Å²) >= 11 is 0. The average molecular weight is 200 g/mol. The number of hydrogen-bond donors (Lipinski definition) is 2. The second-order valence-electron chi connectivity index (χ2n) is 2.83. The fourth-order valence-electron chi connectivity index (χ4n) is 1.09. The molecule has 0 aliphatic carbocycles. The Bertz CT molecular complexity index is 324. The zero-order valence-corrected chi connectivity index (χ0v) is 7.31. The first kappa shape index (κ1) is 10.2. The number of carboxylic acids is 1. The number of amides is 3. The van der Waals surface area contributed by atoms with Crippen LogP contribution in [0.4, 0.5) is 0 Å². The summed E-state index contributed by atoms with van der Waals surface area (Å²) in [5, 5.41) is 10.2. The van der Waals surface area contributed by atoms with Crippen molar-refractivity contribution in [2.75, 3.05) is 7.05 Å². The van der Waals surface area contributed by atoms with E-state index in [9.17, 15) is 19.2 Å². The minimum atomic E-state index is -1.68. The van der Waals surface area contributed by atoms with Crippen LogP contribution in [0.2, 0.25) is 0 Å². The third kappa shape index (κ3) is 1.70. The summed E-state index contributed by atoms with van der Waals surface area (Å²) in [4.78, 5) is 43.8. The lowest BCUT2D eigenvalue weighted by Gasteiger charge is -2.08. The van der Waals surface area contributed by atoms with E-state index in [1.165, 1.54) is 7.05 Å². The van der Waals surface area contributed by atoms with Crippen LogP contribution >= 0.6 is 0 Å². The second-order valence-corrected chi connectivity index (χ2v) is 2.83.